The number of piperazine rings is 1. The zero-order valence-corrected chi connectivity index (χ0v) is 17.0. The Morgan fingerprint density at radius 1 is 0.926 bits per heavy atom. The molecule has 1 amide bonds. The molecule has 0 aromatic heterocycles. The molecule has 1 aromatic carbocycles. The summed E-state index contributed by atoms with van der Waals surface area (Å²) >= 11 is 0. The first-order valence-electron chi connectivity index (χ1n) is 8.99. The van der Waals surface area contributed by atoms with E-state index < -0.39 is 20.0 Å². The highest BCUT2D eigenvalue weighted by molar-refractivity contribution is 7.89. The van der Waals surface area contributed by atoms with Gasteiger partial charge in [0.15, 0.2) is 0 Å². The van der Waals surface area contributed by atoms with Crippen LogP contribution < -0.4 is 0 Å². The van der Waals surface area contributed by atoms with Crippen molar-refractivity contribution in [3.8, 4) is 0 Å². The minimum absolute atomic E-state index is 0.0832. The van der Waals surface area contributed by atoms with Crippen LogP contribution >= 0.6 is 0 Å². The number of benzene rings is 1. The molecule has 8 nitrogen and oxygen atoms in total. The third kappa shape index (κ3) is 4.50. The normalized spacial score (nSPS) is 23.3. The molecule has 2 heterocycles. The Labute approximate surface area is 160 Å². The number of carbonyl (C=O) groups is 1. The van der Waals surface area contributed by atoms with Crippen molar-refractivity contribution in [2.45, 2.75) is 17.7 Å². The van der Waals surface area contributed by atoms with Gasteiger partial charge in [-0.05, 0) is 25.0 Å². The van der Waals surface area contributed by atoms with Crippen LogP contribution in [0.1, 0.15) is 12.8 Å². The van der Waals surface area contributed by atoms with Crippen molar-refractivity contribution in [3.63, 3.8) is 0 Å². The van der Waals surface area contributed by atoms with E-state index in [1.807, 2.05) is 0 Å². The van der Waals surface area contributed by atoms with Crippen molar-refractivity contribution in [1.82, 2.24) is 13.5 Å². The smallest absolute Gasteiger partial charge is 0.243 e. The molecular weight excluding hydrogens is 390 g/mol. The van der Waals surface area contributed by atoms with Crippen molar-refractivity contribution in [2.24, 2.45) is 5.92 Å². The van der Waals surface area contributed by atoms with Gasteiger partial charge in [0.25, 0.3) is 0 Å². The second kappa shape index (κ2) is 7.86. The second-order valence-electron chi connectivity index (χ2n) is 7.00. The molecule has 2 aliphatic heterocycles. The molecule has 150 valence electrons. The summed E-state index contributed by atoms with van der Waals surface area (Å²) < 4.78 is 51.6. The van der Waals surface area contributed by atoms with Gasteiger partial charge < -0.3 is 4.90 Å². The van der Waals surface area contributed by atoms with Crippen molar-refractivity contribution >= 4 is 26.0 Å². The van der Waals surface area contributed by atoms with Crippen LogP contribution in [0.25, 0.3) is 0 Å². The van der Waals surface area contributed by atoms with Crippen LogP contribution in [0.3, 0.4) is 0 Å². The van der Waals surface area contributed by atoms with E-state index in [1.165, 1.54) is 8.61 Å². The number of hydrogen-bond acceptors (Lipinski definition) is 5. The van der Waals surface area contributed by atoms with Gasteiger partial charge in [-0.2, -0.15) is 4.31 Å². The van der Waals surface area contributed by atoms with Gasteiger partial charge in [0.2, 0.25) is 26.0 Å². The maximum absolute atomic E-state index is 12.8. The fourth-order valence-electron chi connectivity index (χ4n) is 3.59. The lowest BCUT2D eigenvalue weighted by Gasteiger charge is -2.38. The van der Waals surface area contributed by atoms with Gasteiger partial charge in [-0.15, -0.1) is 0 Å². The first-order valence-corrected chi connectivity index (χ1v) is 12.3. The number of nitrogens with zero attached hydrogens (tertiary/aromatic N) is 3. The molecule has 2 aliphatic rings. The van der Waals surface area contributed by atoms with Gasteiger partial charge in [0.05, 0.1) is 17.1 Å². The third-order valence-electron chi connectivity index (χ3n) is 5.13. The summed E-state index contributed by atoms with van der Waals surface area (Å²) in [5.74, 6) is -0.439. The van der Waals surface area contributed by atoms with Crippen molar-refractivity contribution in [3.05, 3.63) is 30.3 Å². The summed E-state index contributed by atoms with van der Waals surface area (Å²) in [5, 5.41) is 0. The minimum atomic E-state index is -3.56. The number of piperidine rings is 1. The van der Waals surface area contributed by atoms with Crippen LogP contribution in [0.4, 0.5) is 0 Å². The lowest BCUT2D eigenvalue weighted by Crippen LogP contribution is -2.53. The van der Waals surface area contributed by atoms with Crippen LogP contribution in [0.2, 0.25) is 0 Å². The first kappa shape index (κ1) is 20.2. The van der Waals surface area contributed by atoms with E-state index >= 15 is 0 Å². The summed E-state index contributed by atoms with van der Waals surface area (Å²) in [4.78, 5) is 14.7. The maximum atomic E-state index is 12.8. The summed E-state index contributed by atoms with van der Waals surface area (Å²) in [6, 6.07) is 8.26. The van der Waals surface area contributed by atoms with E-state index in [-0.39, 0.29) is 36.4 Å². The Kier molecular flexibility index (Phi) is 5.90. The molecule has 0 saturated carbocycles. The van der Waals surface area contributed by atoms with Gasteiger partial charge in [-0.1, -0.05) is 18.2 Å². The number of hydrogen-bond donors (Lipinski definition) is 0. The lowest BCUT2D eigenvalue weighted by atomic mass is 9.98. The molecule has 0 bridgehead atoms. The molecule has 1 aromatic rings. The first-order chi connectivity index (χ1) is 12.7. The van der Waals surface area contributed by atoms with Gasteiger partial charge in [-0.3, -0.25) is 4.79 Å². The number of carbonyl (C=O) groups excluding carboxylic acids is 1. The quantitative estimate of drug-likeness (QED) is 0.700. The van der Waals surface area contributed by atoms with E-state index in [1.54, 1.807) is 35.2 Å². The Morgan fingerprint density at radius 3 is 2.15 bits per heavy atom. The number of amides is 1. The highest BCUT2D eigenvalue weighted by atomic mass is 32.2. The predicted octanol–water partition coefficient (Wildman–Crippen LogP) is 0.191. The van der Waals surface area contributed by atoms with E-state index in [4.69, 9.17) is 0 Å². The topological polar surface area (TPSA) is 95.1 Å². The lowest BCUT2D eigenvalue weighted by molar-refractivity contribution is -0.137. The van der Waals surface area contributed by atoms with E-state index in [0.29, 0.717) is 32.5 Å². The Hall–Kier alpha value is -1.49. The summed E-state index contributed by atoms with van der Waals surface area (Å²) in [5.41, 5.74) is 0. The van der Waals surface area contributed by atoms with Gasteiger partial charge in [0, 0.05) is 39.3 Å². The summed E-state index contributed by atoms with van der Waals surface area (Å²) in [6.45, 7) is 1.78. The van der Waals surface area contributed by atoms with E-state index in [9.17, 15) is 21.6 Å². The summed E-state index contributed by atoms with van der Waals surface area (Å²) in [7, 11) is -6.86. The zero-order chi connectivity index (χ0) is 19.7. The molecule has 0 radical (unpaired) electrons. The van der Waals surface area contributed by atoms with Crippen molar-refractivity contribution in [2.75, 3.05) is 45.5 Å². The van der Waals surface area contributed by atoms with E-state index in [2.05, 4.69) is 0 Å². The molecular formula is C17H25N3O5S2. The van der Waals surface area contributed by atoms with Crippen LogP contribution in [0.15, 0.2) is 35.2 Å². The molecule has 1 atom stereocenters. The van der Waals surface area contributed by atoms with Gasteiger partial charge in [0.1, 0.15) is 0 Å². The molecule has 3 rings (SSSR count). The molecule has 0 spiro atoms. The van der Waals surface area contributed by atoms with Crippen molar-refractivity contribution < 1.29 is 21.6 Å². The monoisotopic (exact) mass is 415 g/mol. The van der Waals surface area contributed by atoms with Crippen LogP contribution in [0, 0.1) is 5.92 Å². The molecule has 10 heteroatoms. The number of rotatable bonds is 4. The molecule has 2 saturated heterocycles. The van der Waals surface area contributed by atoms with Crippen LogP contribution in [0.5, 0.6) is 0 Å². The zero-order valence-electron chi connectivity index (χ0n) is 15.3. The average molecular weight is 416 g/mol. The number of sulfonamides is 2. The molecule has 0 N–H and O–H groups in total. The SMILES string of the molecule is CS(=O)(=O)N1CCC[C@@H](C(=O)N2CCN(S(=O)(=O)c3ccccc3)CC2)C1. The third-order valence-corrected chi connectivity index (χ3v) is 8.32. The largest absolute Gasteiger partial charge is 0.340 e. The minimum Gasteiger partial charge on any atom is -0.340 e. The highest BCUT2D eigenvalue weighted by Crippen LogP contribution is 2.23. The Bertz CT molecular complexity index is 878. The van der Waals surface area contributed by atoms with Crippen LogP contribution in [-0.2, 0) is 24.8 Å². The average Bonchev–Trinajstić information content (AvgIpc) is 2.67. The maximum Gasteiger partial charge on any atom is 0.243 e. The molecule has 27 heavy (non-hydrogen) atoms. The van der Waals surface area contributed by atoms with Gasteiger partial charge in [-0.25, -0.2) is 21.1 Å². The molecule has 0 aliphatic carbocycles. The second-order valence-corrected chi connectivity index (χ2v) is 10.9. The molecule has 2 fully saturated rings. The fraction of sp³-hybridized carbons (Fsp3) is 0.588. The summed E-state index contributed by atoms with van der Waals surface area (Å²) in [6.07, 6.45) is 2.48. The fourth-order valence-corrected chi connectivity index (χ4v) is 5.95. The van der Waals surface area contributed by atoms with Crippen LogP contribution in [-0.4, -0.2) is 81.8 Å². The predicted molar refractivity (Wildman–Crippen MR) is 101 cm³/mol. The Morgan fingerprint density at radius 2 is 1.56 bits per heavy atom. The standard InChI is InChI=1S/C17H25N3O5S2/c1-26(22,23)20-9-5-6-15(14-20)17(21)18-10-12-19(13-11-18)27(24,25)16-7-3-2-4-8-16/h2-4,7-8,15H,5-6,9-14H2,1H3/t15-/m1/s1. The van der Waals surface area contributed by atoms with E-state index in [0.717, 1.165) is 6.26 Å². The van der Waals surface area contributed by atoms with Crippen molar-refractivity contribution in [1.29, 1.82) is 0 Å². The van der Waals surface area contributed by atoms with Gasteiger partial charge >= 0.3 is 0 Å². The highest BCUT2D eigenvalue weighted by Gasteiger charge is 2.35. The molecule has 0 unspecified atom stereocenters. The Balaban J connectivity index is 1.61.